The Bertz CT molecular complexity index is 963. The van der Waals surface area contributed by atoms with E-state index in [9.17, 15) is 5.11 Å². The molecule has 2 rings (SSSR count). The molecule has 0 fully saturated rings. The van der Waals surface area contributed by atoms with Gasteiger partial charge in [0.05, 0.1) is 0 Å². The third kappa shape index (κ3) is 15.5. The predicted octanol–water partition coefficient (Wildman–Crippen LogP) is 14.9. The third-order valence-electron chi connectivity index (χ3n) is 12.1. The smallest absolute Gasteiger partial charge is 0.127 e. The van der Waals surface area contributed by atoms with Gasteiger partial charge in [-0.05, 0) is 87.8 Å². The zero-order valence-corrected chi connectivity index (χ0v) is 33.3. The van der Waals surface area contributed by atoms with Crippen molar-refractivity contribution < 1.29 is 9.84 Å². The molecule has 274 valence electrons. The van der Waals surface area contributed by atoms with Crippen LogP contribution in [0.1, 0.15) is 218 Å². The van der Waals surface area contributed by atoms with Crippen LogP contribution in [0.5, 0.6) is 11.5 Å². The number of phenols is 1. The molecule has 1 aromatic carbocycles. The number of hydrogen-bond donors (Lipinski definition) is 1. The van der Waals surface area contributed by atoms with Gasteiger partial charge in [-0.15, -0.1) is 0 Å². The summed E-state index contributed by atoms with van der Waals surface area (Å²) >= 11 is 0. The van der Waals surface area contributed by atoms with E-state index >= 15 is 0 Å². The lowest BCUT2D eigenvalue weighted by Gasteiger charge is -2.44. The van der Waals surface area contributed by atoms with E-state index in [0.29, 0.717) is 11.7 Å². The van der Waals surface area contributed by atoms with Crippen LogP contribution in [0.4, 0.5) is 0 Å². The van der Waals surface area contributed by atoms with Crippen molar-refractivity contribution in [3.63, 3.8) is 0 Å². The Kier molecular flexibility index (Phi) is 20.8. The second-order valence-electron chi connectivity index (χ2n) is 17.1. The highest BCUT2D eigenvalue weighted by molar-refractivity contribution is 5.58. The number of fused-ring (bicyclic) bond motifs is 1. The zero-order valence-electron chi connectivity index (χ0n) is 33.3. The second-order valence-corrected chi connectivity index (χ2v) is 17.1. The summed E-state index contributed by atoms with van der Waals surface area (Å²) in [7, 11) is 0. The summed E-state index contributed by atoms with van der Waals surface area (Å²) in [6.45, 7) is 20.7. The van der Waals surface area contributed by atoms with E-state index in [1.807, 2.05) is 6.92 Å². The molecule has 0 aliphatic carbocycles. The van der Waals surface area contributed by atoms with Gasteiger partial charge in [0.15, 0.2) is 0 Å². The zero-order chi connectivity index (χ0) is 34.7. The van der Waals surface area contributed by atoms with Crippen molar-refractivity contribution in [3.8, 4) is 11.5 Å². The summed E-state index contributed by atoms with van der Waals surface area (Å²) in [5.74, 6) is 4.59. The Balaban J connectivity index is 1.81. The highest BCUT2D eigenvalue weighted by atomic mass is 16.5. The number of unbranched alkanes of at least 4 members (excludes halogenated alkanes) is 13. The first-order valence-electron chi connectivity index (χ1n) is 21.0. The molecule has 2 heteroatoms. The van der Waals surface area contributed by atoms with Gasteiger partial charge in [-0.1, -0.05) is 169 Å². The van der Waals surface area contributed by atoms with Crippen LogP contribution in [0.2, 0.25) is 0 Å². The first kappa shape index (κ1) is 42.0. The molecule has 4 atom stereocenters. The van der Waals surface area contributed by atoms with Crippen molar-refractivity contribution in [2.45, 2.75) is 228 Å². The number of rotatable bonds is 27. The average molecular weight is 655 g/mol. The topological polar surface area (TPSA) is 29.5 Å². The van der Waals surface area contributed by atoms with Crippen molar-refractivity contribution in [2.24, 2.45) is 23.7 Å². The van der Waals surface area contributed by atoms with Crippen molar-refractivity contribution in [1.29, 1.82) is 0 Å². The van der Waals surface area contributed by atoms with Crippen molar-refractivity contribution >= 4 is 0 Å². The van der Waals surface area contributed by atoms with E-state index in [0.717, 1.165) is 53.0 Å². The van der Waals surface area contributed by atoms with Gasteiger partial charge in [-0.2, -0.15) is 0 Å². The summed E-state index contributed by atoms with van der Waals surface area (Å²) in [6.07, 6.45) is 34.0. The molecule has 2 nitrogen and oxygen atoms in total. The van der Waals surface area contributed by atoms with Gasteiger partial charge in [-0.3, -0.25) is 0 Å². The third-order valence-corrected chi connectivity index (χ3v) is 12.1. The van der Waals surface area contributed by atoms with Gasteiger partial charge in [0.1, 0.15) is 17.1 Å². The Morgan fingerprint density at radius 2 is 1.09 bits per heavy atom. The molecule has 0 saturated carbocycles. The van der Waals surface area contributed by atoms with Crippen LogP contribution in [0.15, 0.2) is 0 Å². The van der Waals surface area contributed by atoms with Crippen LogP contribution in [0.25, 0.3) is 0 Å². The van der Waals surface area contributed by atoms with E-state index in [1.54, 1.807) is 0 Å². The van der Waals surface area contributed by atoms with Crippen LogP contribution >= 0.6 is 0 Å². The average Bonchev–Trinajstić information content (AvgIpc) is 3.03. The van der Waals surface area contributed by atoms with Gasteiger partial charge >= 0.3 is 0 Å². The first-order chi connectivity index (χ1) is 22.5. The summed E-state index contributed by atoms with van der Waals surface area (Å²) in [5.41, 5.74) is 4.33. The number of phenolic OH excluding ortho intramolecular Hbond substituents is 1. The molecule has 47 heavy (non-hydrogen) atoms. The molecule has 1 aliphatic rings. The number of benzene rings is 1. The Morgan fingerprint density at radius 3 is 1.60 bits per heavy atom. The first-order valence-corrected chi connectivity index (χ1v) is 21.0. The van der Waals surface area contributed by atoms with Gasteiger partial charge in [0, 0.05) is 11.5 Å². The fraction of sp³-hybridized carbons (Fsp3) is 0.867. The van der Waals surface area contributed by atoms with Crippen LogP contribution in [-0.4, -0.2) is 10.7 Å². The minimum Gasteiger partial charge on any atom is -0.507 e. The molecular weight excluding hydrogens is 572 g/mol. The Labute approximate surface area is 295 Å². The molecule has 0 amide bonds. The Morgan fingerprint density at radius 1 is 0.617 bits per heavy atom. The molecular formula is C45H82O2. The standard InChI is InChI=1S/C45H82O2/c1-10-11-12-13-14-15-16-17-18-19-20-21-22-23-32-41-34-42-40(8)43(46)38(6)39(7)44(42)47-45(41,9)33-26-31-37(5)30-25-29-36(4)28-24-27-35(2)3/h35-37,41,46H,10-34H2,1-9H3/t36-,37+,41?,45-/m0/s1. The summed E-state index contributed by atoms with van der Waals surface area (Å²) in [4.78, 5) is 0. The van der Waals surface area contributed by atoms with Crippen molar-refractivity contribution in [1.82, 2.24) is 0 Å². The van der Waals surface area contributed by atoms with Gasteiger partial charge in [0.25, 0.3) is 0 Å². The lowest BCUT2D eigenvalue weighted by Crippen LogP contribution is -2.45. The second kappa shape index (κ2) is 23.3. The molecule has 0 radical (unpaired) electrons. The quantitative estimate of drug-likeness (QED) is 0.0957. The SMILES string of the molecule is CCCCCCCCCCCCCCCCC1Cc2c(C)c(O)c(C)c(C)c2O[C@@]1(C)CCC[C@H](C)CCC[C@@H](C)CCCC(C)C. The number of ether oxygens (including phenoxy) is 1. The predicted molar refractivity (Wildman–Crippen MR) is 208 cm³/mol. The molecule has 0 bridgehead atoms. The van der Waals surface area contributed by atoms with E-state index < -0.39 is 0 Å². The fourth-order valence-electron chi connectivity index (χ4n) is 8.36. The maximum absolute atomic E-state index is 10.9. The van der Waals surface area contributed by atoms with Crippen molar-refractivity contribution in [3.05, 3.63) is 22.3 Å². The van der Waals surface area contributed by atoms with Gasteiger partial charge < -0.3 is 9.84 Å². The van der Waals surface area contributed by atoms with Crippen LogP contribution < -0.4 is 4.74 Å². The van der Waals surface area contributed by atoms with E-state index in [2.05, 4.69) is 55.4 Å². The summed E-state index contributed by atoms with van der Waals surface area (Å²) < 4.78 is 7.09. The maximum atomic E-state index is 10.9. The Hall–Kier alpha value is -1.18. The maximum Gasteiger partial charge on any atom is 0.127 e. The number of hydrogen-bond acceptors (Lipinski definition) is 2. The van der Waals surface area contributed by atoms with Gasteiger partial charge in [0.2, 0.25) is 0 Å². The molecule has 0 spiro atoms. The lowest BCUT2D eigenvalue weighted by atomic mass is 9.73. The van der Waals surface area contributed by atoms with Gasteiger partial charge in [-0.25, -0.2) is 0 Å². The fourth-order valence-corrected chi connectivity index (χ4v) is 8.36. The normalized spacial score (nSPS) is 19.1. The summed E-state index contributed by atoms with van der Waals surface area (Å²) in [5, 5.41) is 10.9. The molecule has 1 aliphatic heterocycles. The van der Waals surface area contributed by atoms with Crippen LogP contribution in [0.3, 0.4) is 0 Å². The minimum absolute atomic E-state index is 0.116. The molecule has 1 aromatic rings. The van der Waals surface area contributed by atoms with E-state index in [1.165, 1.54) is 153 Å². The van der Waals surface area contributed by atoms with Crippen molar-refractivity contribution in [2.75, 3.05) is 0 Å². The largest absolute Gasteiger partial charge is 0.507 e. The number of aromatic hydroxyl groups is 1. The highest BCUT2D eigenvalue weighted by Crippen LogP contribution is 2.48. The monoisotopic (exact) mass is 655 g/mol. The van der Waals surface area contributed by atoms with E-state index in [4.69, 9.17) is 4.74 Å². The highest BCUT2D eigenvalue weighted by Gasteiger charge is 2.42. The molecule has 1 heterocycles. The van der Waals surface area contributed by atoms with E-state index in [-0.39, 0.29) is 5.60 Å². The molecule has 0 saturated heterocycles. The molecule has 1 N–H and O–H groups in total. The van der Waals surface area contributed by atoms with Crippen LogP contribution in [0, 0.1) is 44.4 Å². The molecule has 1 unspecified atom stereocenters. The summed E-state index contributed by atoms with van der Waals surface area (Å²) in [6, 6.07) is 0. The van der Waals surface area contributed by atoms with Crippen LogP contribution in [-0.2, 0) is 6.42 Å². The lowest BCUT2D eigenvalue weighted by molar-refractivity contribution is -0.00685. The molecule has 0 aromatic heterocycles. The minimum atomic E-state index is -0.116.